The average molecular weight is 261 g/mol. The molecular weight excluding hydrogens is 242 g/mol. The predicted octanol–water partition coefficient (Wildman–Crippen LogP) is 2.33. The smallest absolute Gasteiger partial charge is 0.292 e. The Morgan fingerprint density at radius 1 is 1.21 bits per heavy atom. The van der Waals surface area contributed by atoms with Crippen LogP contribution < -0.4 is 10.1 Å². The third kappa shape index (κ3) is 3.56. The number of Topliss-reactive ketones (excluding diaryl/α,β-unsaturated/α-hetero) is 1. The Hall–Kier alpha value is -1.84. The third-order valence-corrected chi connectivity index (χ3v) is 3.32. The quantitative estimate of drug-likeness (QED) is 0.653. The summed E-state index contributed by atoms with van der Waals surface area (Å²) in [4.78, 5) is 23.8. The van der Waals surface area contributed by atoms with Gasteiger partial charge in [0.15, 0.2) is 0 Å². The van der Waals surface area contributed by atoms with Crippen LogP contribution in [-0.4, -0.2) is 24.3 Å². The zero-order chi connectivity index (χ0) is 13.7. The zero-order valence-corrected chi connectivity index (χ0v) is 11.1. The maximum Gasteiger partial charge on any atom is 0.292 e. The highest BCUT2D eigenvalue weighted by molar-refractivity contribution is 6.42. The van der Waals surface area contributed by atoms with Gasteiger partial charge in [-0.1, -0.05) is 12.8 Å². The van der Waals surface area contributed by atoms with E-state index in [1.54, 1.807) is 24.3 Å². The number of nitrogens with one attached hydrogen (secondary N) is 1. The predicted molar refractivity (Wildman–Crippen MR) is 72.3 cm³/mol. The average Bonchev–Trinajstić information content (AvgIpc) is 2.92. The van der Waals surface area contributed by atoms with Gasteiger partial charge in [-0.15, -0.1) is 0 Å². The molecular formula is C15H19NO3. The fourth-order valence-corrected chi connectivity index (χ4v) is 2.32. The number of hydrogen-bond acceptors (Lipinski definition) is 3. The molecule has 0 aliphatic heterocycles. The van der Waals surface area contributed by atoms with Crippen LogP contribution in [-0.2, 0) is 4.79 Å². The van der Waals surface area contributed by atoms with Crippen molar-refractivity contribution in [1.82, 2.24) is 5.32 Å². The summed E-state index contributed by atoms with van der Waals surface area (Å²) >= 11 is 0. The maximum absolute atomic E-state index is 11.9. The number of rotatable bonds is 5. The van der Waals surface area contributed by atoms with E-state index in [4.69, 9.17) is 4.74 Å². The van der Waals surface area contributed by atoms with E-state index in [-0.39, 0.29) is 6.04 Å². The number of carbonyl (C=O) groups excluding carboxylic acids is 2. The highest BCUT2D eigenvalue weighted by atomic mass is 16.5. The molecule has 0 spiro atoms. The number of carbonyl (C=O) groups is 2. The van der Waals surface area contributed by atoms with Gasteiger partial charge < -0.3 is 10.1 Å². The first kappa shape index (κ1) is 13.6. The summed E-state index contributed by atoms with van der Waals surface area (Å²) in [5.74, 6) is -0.277. The molecule has 0 unspecified atom stereocenters. The van der Waals surface area contributed by atoms with Gasteiger partial charge in [0.2, 0.25) is 5.78 Å². The molecule has 102 valence electrons. The first-order chi connectivity index (χ1) is 9.20. The molecule has 1 aromatic rings. The second-order valence-corrected chi connectivity index (χ2v) is 4.74. The van der Waals surface area contributed by atoms with Crippen molar-refractivity contribution in [3.05, 3.63) is 29.8 Å². The second kappa shape index (κ2) is 6.36. The Kier molecular flexibility index (Phi) is 4.55. The summed E-state index contributed by atoms with van der Waals surface area (Å²) in [7, 11) is 0. The molecule has 1 saturated carbocycles. The minimum atomic E-state index is -0.504. The molecule has 1 fully saturated rings. The molecule has 1 aromatic carbocycles. The van der Waals surface area contributed by atoms with E-state index >= 15 is 0 Å². The molecule has 19 heavy (non-hydrogen) atoms. The SMILES string of the molecule is CCOc1ccc(C(=O)C(=O)NC2CCCC2)cc1. The molecule has 0 saturated heterocycles. The van der Waals surface area contributed by atoms with Crippen molar-refractivity contribution < 1.29 is 14.3 Å². The fourth-order valence-electron chi connectivity index (χ4n) is 2.32. The van der Waals surface area contributed by atoms with E-state index in [1.807, 2.05) is 6.92 Å². The molecule has 4 heteroatoms. The van der Waals surface area contributed by atoms with Crippen LogP contribution in [0.25, 0.3) is 0 Å². The lowest BCUT2D eigenvalue weighted by Gasteiger charge is -2.11. The van der Waals surface area contributed by atoms with E-state index in [1.165, 1.54) is 0 Å². The minimum Gasteiger partial charge on any atom is -0.494 e. The standard InChI is InChI=1S/C15H19NO3/c1-2-19-13-9-7-11(8-10-13)14(17)15(18)16-12-5-3-4-6-12/h7-10,12H,2-6H2,1H3,(H,16,18). The minimum absolute atomic E-state index is 0.166. The van der Waals surface area contributed by atoms with Crippen molar-refractivity contribution in [1.29, 1.82) is 0 Å². The van der Waals surface area contributed by atoms with Crippen molar-refractivity contribution >= 4 is 11.7 Å². The first-order valence-electron chi connectivity index (χ1n) is 6.78. The van der Waals surface area contributed by atoms with Crippen molar-refractivity contribution in [3.63, 3.8) is 0 Å². The second-order valence-electron chi connectivity index (χ2n) is 4.74. The lowest BCUT2D eigenvalue weighted by molar-refractivity contribution is -0.117. The lowest BCUT2D eigenvalue weighted by Crippen LogP contribution is -2.37. The molecule has 1 N–H and O–H groups in total. The van der Waals surface area contributed by atoms with Crippen LogP contribution in [0.2, 0.25) is 0 Å². The lowest BCUT2D eigenvalue weighted by atomic mass is 10.1. The van der Waals surface area contributed by atoms with Gasteiger partial charge in [0.25, 0.3) is 5.91 Å². The Morgan fingerprint density at radius 2 is 1.84 bits per heavy atom. The normalized spacial score (nSPS) is 15.2. The molecule has 0 bridgehead atoms. The van der Waals surface area contributed by atoms with Gasteiger partial charge in [-0.2, -0.15) is 0 Å². The Balaban J connectivity index is 1.95. The number of ether oxygens (including phenoxy) is 1. The summed E-state index contributed by atoms with van der Waals surface area (Å²) in [6.45, 7) is 2.48. The monoisotopic (exact) mass is 261 g/mol. The number of ketones is 1. The van der Waals surface area contributed by atoms with Crippen LogP contribution in [0.4, 0.5) is 0 Å². The molecule has 0 aromatic heterocycles. The first-order valence-corrected chi connectivity index (χ1v) is 6.78. The van der Waals surface area contributed by atoms with Crippen LogP contribution >= 0.6 is 0 Å². The molecule has 0 heterocycles. The largest absolute Gasteiger partial charge is 0.494 e. The van der Waals surface area contributed by atoms with Crippen LogP contribution in [0.15, 0.2) is 24.3 Å². The molecule has 0 atom stereocenters. The summed E-state index contributed by atoms with van der Waals surface area (Å²) in [5.41, 5.74) is 0.402. The Morgan fingerprint density at radius 3 is 2.42 bits per heavy atom. The fraction of sp³-hybridized carbons (Fsp3) is 0.467. The molecule has 1 amide bonds. The highest BCUT2D eigenvalue weighted by Gasteiger charge is 2.22. The topological polar surface area (TPSA) is 55.4 Å². The van der Waals surface area contributed by atoms with Crippen molar-refractivity contribution in [3.8, 4) is 5.75 Å². The molecule has 0 radical (unpaired) electrons. The van der Waals surface area contributed by atoms with E-state index in [0.717, 1.165) is 25.7 Å². The zero-order valence-electron chi connectivity index (χ0n) is 11.1. The van der Waals surface area contributed by atoms with Crippen LogP contribution in [0.5, 0.6) is 5.75 Å². The molecule has 1 aliphatic carbocycles. The van der Waals surface area contributed by atoms with Gasteiger partial charge in [-0.05, 0) is 44.0 Å². The number of benzene rings is 1. The van der Waals surface area contributed by atoms with Gasteiger partial charge in [0.1, 0.15) is 5.75 Å². The van der Waals surface area contributed by atoms with Crippen molar-refractivity contribution in [2.45, 2.75) is 38.6 Å². The summed E-state index contributed by atoms with van der Waals surface area (Å²) in [6.07, 6.45) is 4.20. The number of amides is 1. The summed E-state index contributed by atoms with van der Waals surface area (Å²) in [6, 6.07) is 6.83. The van der Waals surface area contributed by atoms with E-state index in [9.17, 15) is 9.59 Å². The molecule has 1 aliphatic rings. The van der Waals surface area contributed by atoms with Crippen molar-refractivity contribution in [2.24, 2.45) is 0 Å². The van der Waals surface area contributed by atoms with E-state index in [0.29, 0.717) is 17.9 Å². The van der Waals surface area contributed by atoms with Gasteiger partial charge in [-0.3, -0.25) is 9.59 Å². The van der Waals surface area contributed by atoms with Gasteiger partial charge in [-0.25, -0.2) is 0 Å². The maximum atomic E-state index is 11.9. The van der Waals surface area contributed by atoms with Gasteiger partial charge in [0.05, 0.1) is 6.61 Å². The van der Waals surface area contributed by atoms with E-state index < -0.39 is 11.7 Å². The van der Waals surface area contributed by atoms with Gasteiger partial charge >= 0.3 is 0 Å². The summed E-state index contributed by atoms with van der Waals surface area (Å²) < 4.78 is 5.30. The highest BCUT2D eigenvalue weighted by Crippen LogP contribution is 2.18. The molecule has 2 rings (SSSR count). The van der Waals surface area contributed by atoms with Crippen LogP contribution in [0, 0.1) is 0 Å². The Bertz CT molecular complexity index is 447. The summed E-state index contributed by atoms with van der Waals surface area (Å²) in [5, 5.41) is 2.80. The number of hydrogen-bond donors (Lipinski definition) is 1. The Labute approximate surface area is 113 Å². The van der Waals surface area contributed by atoms with E-state index in [2.05, 4.69) is 5.32 Å². The van der Waals surface area contributed by atoms with Crippen LogP contribution in [0.1, 0.15) is 43.0 Å². The van der Waals surface area contributed by atoms with Crippen LogP contribution in [0.3, 0.4) is 0 Å². The van der Waals surface area contributed by atoms with Gasteiger partial charge in [0, 0.05) is 11.6 Å². The third-order valence-electron chi connectivity index (χ3n) is 3.32. The molecule has 4 nitrogen and oxygen atoms in total. The van der Waals surface area contributed by atoms with Crippen molar-refractivity contribution in [2.75, 3.05) is 6.61 Å².